The van der Waals surface area contributed by atoms with Gasteiger partial charge in [-0.2, -0.15) is 0 Å². The number of aliphatic hydroxyl groups is 1. The molecule has 0 radical (unpaired) electrons. The van der Waals surface area contributed by atoms with Crippen LogP contribution in [-0.4, -0.2) is 68.5 Å². The number of carbonyl (C=O) groups excluding carboxylic acids is 1. The molecule has 8 nitrogen and oxygen atoms in total. The van der Waals surface area contributed by atoms with Gasteiger partial charge < -0.3 is 28.8 Å². The quantitative estimate of drug-likeness (QED) is 0.0272. The van der Waals surface area contributed by atoms with Crippen molar-refractivity contribution in [3.63, 3.8) is 0 Å². The molecule has 3 atom stereocenters. The number of phosphoric acid groups is 1. The molecule has 9 heteroatoms. The normalized spacial score (nSPS) is 13.6. The number of allylic oxidation sites excluding steroid dienone is 1. The first-order valence-corrected chi connectivity index (χ1v) is 38.5. The van der Waals surface area contributed by atoms with Gasteiger partial charge >= 0.3 is 0 Å². The number of hydrogen-bond donors (Lipinski definition) is 2. The van der Waals surface area contributed by atoms with Crippen LogP contribution in [0.5, 0.6) is 0 Å². The summed E-state index contributed by atoms with van der Waals surface area (Å²) in [5.41, 5.74) is 0. The van der Waals surface area contributed by atoms with E-state index in [-0.39, 0.29) is 19.1 Å². The summed E-state index contributed by atoms with van der Waals surface area (Å²) >= 11 is 0. The average Bonchev–Trinajstić information content (AvgIpc) is 3.47. The molecular weight excluding hydrogens is 1030 g/mol. The van der Waals surface area contributed by atoms with E-state index < -0.39 is 20.0 Å². The summed E-state index contributed by atoms with van der Waals surface area (Å²) in [6, 6.07) is -0.884. The van der Waals surface area contributed by atoms with E-state index in [1.54, 1.807) is 6.08 Å². The Bertz CT molecular complexity index is 1340. The fourth-order valence-corrected chi connectivity index (χ4v) is 12.5. The SMILES string of the molecule is CCCCCCCCCCCCCCCCCCCCCCCCC/C=C/C(O)C(COP(=O)([O-])OCC[N+](C)(C)C)NC(=O)CCCCCCCCCCCCCCCCCCCCCCCCCCCCCCCCCCCCC. The van der Waals surface area contributed by atoms with Crippen molar-refractivity contribution >= 4 is 13.7 Å². The molecule has 0 aromatic carbocycles. The van der Waals surface area contributed by atoms with Gasteiger partial charge in [-0.15, -0.1) is 0 Å². The Morgan fingerprint density at radius 2 is 0.659 bits per heavy atom. The van der Waals surface area contributed by atoms with Crippen LogP contribution in [0.2, 0.25) is 0 Å². The van der Waals surface area contributed by atoms with Gasteiger partial charge in [0, 0.05) is 6.42 Å². The van der Waals surface area contributed by atoms with Crippen LogP contribution in [0.3, 0.4) is 0 Å². The van der Waals surface area contributed by atoms with Crippen molar-refractivity contribution in [1.82, 2.24) is 5.32 Å². The lowest BCUT2D eigenvalue weighted by Gasteiger charge is -2.29. The zero-order valence-electron chi connectivity index (χ0n) is 56.2. The topological polar surface area (TPSA) is 108 Å². The Morgan fingerprint density at radius 1 is 0.415 bits per heavy atom. The highest BCUT2D eigenvalue weighted by Gasteiger charge is 2.23. The van der Waals surface area contributed by atoms with E-state index >= 15 is 0 Å². The molecule has 0 fully saturated rings. The highest BCUT2D eigenvalue weighted by Crippen LogP contribution is 2.38. The predicted molar refractivity (Wildman–Crippen MR) is 358 cm³/mol. The Kier molecular flexibility index (Phi) is 64.1. The van der Waals surface area contributed by atoms with Crippen LogP contribution in [0.4, 0.5) is 0 Å². The third-order valence-electron chi connectivity index (χ3n) is 17.5. The molecule has 0 rings (SSSR count). The van der Waals surface area contributed by atoms with E-state index in [2.05, 4.69) is 19.2 Å². The molecule has 0 bridgehead atoms. The molecule has 0 aromatic rings. The lowest BCUT2D eigenvalue weighted by atomic mass is 10.0. The summed E-state index contributed by atoms with van der Waals surface area (Å²) in [5, 5.41) is 14.0. The molecule has 0 aliphatic heterocycles. The second kappa shape index (κ2) is 64.7. The minimum Gasteiger partial charge on any atom is -0.756 e. The van der Waals surface area contributed by atoms with E-state index in [0.717, 1.165) is 38.5 Å². The third kappa shape index (κ3) is 66.8. The van der Waals surface area contributed by atoms with Crippen molar-refractivity contribution in [1.29, 1.82) is 0 Å². The fourth-order valence-electron chi connectivity index (χ4n) is 11.7. The van der Waals surface area contributed by atoms with Gasteiger partial charge in [0.15, 0.2) is 0 Å². The Hall–Kier alpha value is -0.760. The molecule has 0 aliphatic carbocycles. The van der Waals surface area contributed by atoms with Gasteiger partial charge in [-0.3, -0.25) is 9.36 Å². The first-order chi connectivity index (χ1) is 40.0. The van der Waals surface area contributed by atoms with Crippen LogP contribution in [0.25, 0.3) is 0 Å². The number of carbonyl (C=O) groups is 1. The summed E-state index contributed by atoms with van der Waals surface area (Å²) in [6.45, 7) is 4.73. The van der Waals surface area contributed by atoms with Crippen LogP contribution in [0.1, 0.15) is 399 Å². The lowest BCUT2D eigenvalue weighted by molar-refractivity contribution is -0.870. The number of phosphoric ester groups is 1. The van der Waals surface area contributed by atoms with Crippen molar-refractivity contribution in [2.45, 2.75) is 411 Å². The summed E-state index contributed by atoms with van der Waals surface area (Å²) in [5.74, 6) is -0.186. The summed E-state index contributed by atoms with van der Waals surface area (Å²) < 4.78 is 23.5. The molecule has 0 aliphatic rings. The Balaban J connectivity index is 3.96. The molecule has 0 saturated carbocycles. The van der Waals surface area contributed by atoms with E-state index in [9.17, 15) is 19.4 Å². The number of nitrogens with one attached hydrogen (secondary N) is 1. The number of quaternary nitrogens is 1. The molecule has 0 heterocycles. The van der Waals surface area contributed by atoms with Gasteiger partial charge in [0.1, 0.15) is 13.2 Å². The van der Waals surface area contributed by atoms with Gasteiger partial charge in [0.25, 0.3) is 7.82 Å². The Morgan fingerprint density at radius 3 is 0.915 bits per heavy atom. The van der Waals surface area contributed by atoms with E-state index in [1.807, 2.05) is 27.2 Å². The van der Waals surface area contributed by atoms with Gasteiger partial charge in [-0.25, -0.2) is 0 Å². The van der Waals surface area contributed by atoms with Crippen molar-refractivity contribution in [3.05, 3.63) is 12.2 Å². The summed E-state index contributed by atoms with van der Waals surface area (Å²) in [4.78, 5) is 25.7. The fraction of sp³-hybridized carbons (Fsp3) is 0.959. The van der Waals surface area contributed by atoms with Gasteiger partial charge in [0.2, 0.25) is 5.91 Å². The first kappa shape index (κ1) is 81.2. The number of aliphatic hydroxyl groups excluding tert-OH is 1. The average molecular weight is 1180 g/mol. The van der Waals surface area contributed by atoms with Crippen molar-refractivity contribution in [2.75, 3.05) is 40.9 Å². The van der Waals surface area contributed by atoms with E-state index in [0.29, 0.717) is 17.4 Å². The molecule has 2 N–H and O–H groups in total. The molecule has 0 saturated heterocycles. The molecule has 0 spiro atoms. The van der Waals surface area contributed by atoms with Gasteiger partial charge in [-0.05, 0) is 19.3 Å². The second-order valence-corrected chi connectivity index (χ2v) is 28.4. The lowest BCUT2D eigenvalue weighted by Crippen LogP contribution is -2.45. The second-order valence-electron chi connectivity index (χ2n) is 27.0. The molecule has 82 heavy (non-hydrogen) atoms. The van der Waals surface area contributed by atoms with Crippen LogP contribution in [-0.2, 0) is 18.4 Å². The monoisotopic (exact) mass is 1180 g/mol. The number of hydrogen-bond acceptors (Lipinski definition) is 6. The minimum atomic E-state index is -4.60. The van der Waals surface area contributed by atoms with Crippen LogP contribution >= 0.6 is 7.82 Å². The number of unbranched alkanes of at least 4 members (excludes halogenated alkanes) is 57. The van der Waals surface area contributed by atoms with Gasteiger partial charge in [0.05, 0.1) is 39.9 Å². The standard InChI is InChI=1S/C73H147N2O6P/c1-6-8-10-12-14-16-18-20-22-24-26-28-30-32-33-34-35-36-37-38-39-40-41-43-45-47-49-51-53-55-57-59-61-63-65-67-73(77)74-71(70-81-82(78,79)80-69-68-75(3,4)5)72(76)66-64-62-60-58-56-54-52-50-48-46-44-42-31-29-27-25-23-21-19-17-15-13-11-9-7-2/h64,66,71-72,76H,6-63,65,67-70H2,1-5H3,(H-,74,77,78,79)/b66-64+. The third-order valence-corrected chi connectivity index (χ3v) is 18.5. The zero-order chi connectivity index (χ0) is 59.8. The largest absolute Gasteiger partial charge is 0.756 e. The summed E-state index contributed by atoms with van der Waals surface area (Å²) in [6.07, 6.45) is 83.6. The number of nitrogens with zero attached hydrogens (tertiary/aromatic N) is 1. The van der Waals surface area contributed by atoms with Crippen molar-refractivity contribution in [2.24, 2.45) is 0 Å². The maximum Gasteiger partial charge on any atom is 0.268 e. The van der Waals surface area contributed by atoms with E-state index in [1.165, 1.54) is 340 Å². The van der Waals surface area contributed by atoms with Crippen LogP contribution in [0, 0.1) is 0 Å². The highest BCUT2D eigenvalue weighted by molar-refractivity contribution is 7.45. The number of amides is 1. The zero-order valence-corrected chi connectivity index (χ0v) is 57.1. The van der Waals surface area contributed by atoms with Gasteiger partial charge in [-0.1, -0.05) is 386 Å². The predicted octanol–water partition coefficient (Wildman–Crippen LogP) is 23.0. The smallest absolute Gasteiger partial charge is 0.268 e. The van der Waals surface area contributed by atoms with Crippen LogP contribution < -0.4 is 10.2 Å². The first-order valence-electron chi connectivity index (χ1n) is 37.1. The molecule has 0 aromatic heterocycles. The van der Waals surface area contributed by atoms with E-state index in [4.69, 9.17) is 9.05 Å². The van der Waals surface area contributed by atoms with Crippen molar-refractivity contribution in [3.8, 4) is 0 Å². The maximum absolute atomic E-state index is 13.0. The molecule has 490 valence electrons. The molecular formula is C73H147N2O6P. The summed E-state index contributed by atoms with van der Waals surface area (Å²) in [7, 11) is 1.29. The number of likely N-dealkylation sites (N-methyl/N-ethyl adjacent to an activating group) is 1. The number of rotatable bonds is 70. The molecule has 3 unspecified atom stereocenters. The molecule has 1 amide bonds. The highest BCUT2D eigenvalue weighted by atomic mass is 31.2. The Labute approximate surface area is 513 Å². The minimum absolute atomic E-state index is 0.00305. The van der Waals surface area contributed by atoms with Crippen LogP contribution in [0.15, 0.2) is 12.2 Å². The maximum atomic E-state index is 13.0. The van der Waals surface area contributed by atoms with Crippen molar-refractivity contribution < 1.29 is 32.9 Å².